The van der Waals surface area contributed by atoms with Gasteiger partial charge >= 0.3 is 12.1 Å². The van der Waals surface area contributed by atoms with E-state index in [4.69, 9.17) is 9.52 Å². The molecule has 4 nitrogen and oxygen atoms in total. The Bertz CT molecular complexity index is 389. The Labute approximate surface area is 105 Å². The maximum absolute atomic E-state index is 11.7. The number of carbonyl (C=O) groups is 1. The van der Waals surface area contributed by atoms with Crippen LogP contribution in [0.4, 0.5) is 13.2 Å². The van der Waals surface area contributed by atoms with Gasteiger partial charge in [0.05, 0.1) is 0 Å². The van der Waals surface area contributed by atoms with Crippen molar-refractivity contribution in [3.05, 3.63) is 17.9 Å². The van der Waals surface area contributed by atoms with E-state index in [1.54, 1.807) is 0 Å². The second-order valence-corrected chi connectivity index (χ2v) is 4.39. The second kappa shape index (κ2) is 6.69. The van der Waals surface area contributed by atoms with Gasteiger partial charge in [-0.2, -0.15) is 13.2 Å². The first-order valence-electron chi connectivity index (χ1n) is 4.99. The molecule has 0 atom stereocenters. The van der Waals surface area contributed by atoms with Gasteiger partial charge in [0.1, 0.15) is 6.61 Å². The molecule has 0 aliphatic heterocycles. The summed E-state index contributed by atoms with van der Waals surface area (Å²) in [6.45, 7) is -1.25. The topological polar surface area (TPSA) is 59.7 Å². The zero-order chi connectivity index (χ0) is 13.6. The molecule has 0 amide bonds. The monoisotopic (exact) mass is 284 g/mol. The number of hydrogen-bond acceptors (Lipinski definition) is 4. The van der Waals surface area contributed by atoms with E-state index in [1.807, 2.05) is 0 Å². The Morgan fingerprint density at radius 3 is 2.72 bits per heavy atom. The minimum Gasteiger partial charge on any atom is -0.475 e. The summed E-state index contributed by atoms with van der Waals surface area (Å²) in [4.78, 5) is 10.5. The van der Waals surface area contributed by atoms with E-state index in [1.165, 1.54) is 23.9 Å². The summed E-state index contributed by atoms with van der Waals surface area (Å²) in [6, 6.07) is 2.83. The van der Waals surface area contributed by atoms with Crippen LogP contribution < -0.4 is 0 Å². The molecule has 1 aromatic heterocycles. The summed E-state index contributed by atoms with van der Waals surface area (Å²) < 4.78 is 44.5. The van der Waals surface area contributed by atoms with Crippen molar-refractivity contribution in [3.63, 3.8) is 0 Å². The van der Waals surface area contributed by atoms with E-state index in [0.29, 0.717) is 17.3 Å². The molecule has 0 saturated heterocycles. The molecule has 0 aliphatic carbocycles. The zero-order valence-electron chi connectivity index (χ0n) is 9.20. The van der Waals surface area contributed by atoms with E-state index in [0.717, 1.165) is 0 Å². The molecule has 1 heterocycles. The molecule has 0 spiro atoms. The van der Waals surface area contributed by atoms with E-state index in [2.05, 4.69) is 4.74 Å². The molecule has 0 unspecified atom stereocenters. The fourth-order valence-corrected chi connectivity index (χ4v) is 1.81. The minimum absolute atomic E-state index is 0.000986. The first kappa shape index (κ1) is 14.9. The minimum atomic E-state index is -4.30. The predicted molar refractivity (Wildman–Crippen MR) is 57.9 cm³/mol. The smallest absolute Gasteiger partial charge is 0.411 e. The quantitative estimate of drug-likeness (QED) is 0.616. The number of alkyl halides is 3. The Kier molecular flexibility index (Phi) is 5.54. The molecule has 18 heavy (non-hydrogen) atoms. The average Bonchev–Trinajstić information content (AvgIpc) is 2.70. The van der Waals surface area contributed by atoms with Crippen LogP contribution in [0, 0.1) is 0 Å². The zero-order valence-corrected chi connectivity index (χ0v) is 10.0. The highest BCUT2D eigenvalue weighted by molar-refractivity contribution is 7.99. The van der Waals surface area contributed by atoms with Crippen LogP contribution in [0.5, 0.6) is 0 Å². The van der Waals surface area contributed by atoms with Gasteiger partial charge in [0.2, 0.25) is 5.76 Å². The van der Waals surface area contributed by atoms with Crippen LogP contribution in [0.2, 0.25) is 0 Å². The van der Waals surface area contributed by atoms with E-state index >= 15 is 0 Å². The van der Waals surface area contributed by atoms with Crippen molar-refractivity contribution in [1.82, 2.24) is 0 Å². The highest BCUT2D eigenvalue weighted by Gasteiger charge is 2.27. The number of rotatable bonds is 7. The lowest BCUT2D eigenvalue weighted by atomic mass is 10.5. The number of ether oxygens (including phenoxy) is 1. The molecule has 0 aromatic carbocycles. The summed E-state index contributed by atoms with van der Waals surface area (Å²) in [5.41, 5.74) is 0. The van der Waals surface area contributed by atoms with Crippen LogP contribution in [0.1, 0.15) is 17.0 Å². The molecule has 102 valence electrons. The van der Waals surface area contributed by atoms with Gasteiger partial charge in [0.25, 0.3) is 0 Å². The third-order valence-electron chi connectivity index (χ3n) is 1.74. The molecular formula is C10H11F3O4S. The first-order valence-corrected chi connectivity index (χ1v) is 5.97. The van der Waals surface area contributed by atoms with Gasteiger partial charge in [-0.05, 0) is 18.6 Å². The number of carboxylic acids is 1. The number of hydrogen-bond donors (Lipinski definition) is 1. The van der Waals surface area contributed by atoms with E-state index in [9.17, 15) is 18.0 Å². The number of carboxylic acid groups (broad SMARTS) is 1. The Hall–Kier alpha value is -1.15. The molecule has 1 aromatic rings. The van der Waals surface area contributed by atoms with Crippen molar-refractivity contribution < 1.29 is 32.2 Å². The van der Waals surface area contributed by atoms with Gasteiger partial charge in [0, 0.05) is 12.4 Å². The van der Waals surface area contributed by atoms with Gasteiger partial charge in [0.15, 0.2) is 5.09 Å². The first-order chi connectivity index (χ1) is 8.38. The van der Waals surface area contributed by atoms with Gasteiger partial charge in [-0.1, -0.05) is 11.8 Å². The third-order valence-corrected chi connectivity index (χ3v) is 2.73. The third kappa shape index (κ3) is 5.97. The normalized spacial score (nSPS) is 11.7. The van der Waals surface area contributed by atoms with Gasteiger partial charge in [-0.15, -0.1) is 0 Å². The van der Waals surface area contributed by atoms with Crippen molar-refractivity contribution in [2.45, 2.75) is 17.7 Å². The van der Waals surface area contributed by atoms with E-state index < -0.39 is 18.8 Å². The maximum atomic E-state index is 11.7. The fraction of sp³-hybridized carbons (Fsp3) is 0.500. The van der Waals surface area contributed by atoms with Crippen LogP contribution in [-0.4, -0.2) is 36.2 Å². The fourth-order valence-electron chi connectivity index (χ4n) is 1.03. The Balaban J connectivity index is 2.12. The van der Waals surface area contributed by atoms with Crippen LogP contribution in [0.25, 0.3) is 0 Å². The van der Waals surface area contributed by atoms with Crippen molar-refractivity contribution in [3.8, 4) is 0 Å². The summed E-state index contributed by atoms with van der Waals surface area (Å²) in [6.07, 6.45) is -3.88. The standard InChI is InChI=1S/C10H11F3O4S/c11-10(12,13)6-16-4-1-5-18-8-3-2-7(17-8)9(14)15/h2-3H,1,4-6H2,(H,14,15). The Morgan fingerprint density at radius 2 is 2.17 bits per heavy atom. The molecule has 0 saturated carbocycles. The molecule has 8 heteroatoms. The van der Waals surface area contributed by atoms with Crippen molar-refractivity contribution in [2.24, 2.45) is 0 Å². The largest absolute Gasteiger partial charge is 0.475 e. The molecule has 0 aliphatic rings. The highest BCUT2D eigenvalue weighted by Crippen LogP contribution is 2.22. The molecular weight excluding hydrogens is 273 g/mol. The van der Waals surface area contributed by atoms with Crippen molar-refractivity contribution in [1.29, 1.82) is 0 Å². The van der Waals surface area contributed by atoms with Gasteiger partial charge in [-0.25, -0.2) is 4.79 Å². The average molecular weight is 284 g/mol. The second-order valence-electron chi connectivity index (χ2n) is 3.29. The molecule has 1 rings (SSSR count). The SMILES string of the molecule is O=C(O)c1ccc(SCCCOCC(F)(F)F)o1. The molecule has 1 N–H and O–H groups in total. The maximum Gasteiger partial charge on any atom is 0.411 e. The van der Waals surface area contributed by atoms with E-state index in [-0.39, 0.29) is 12.4 Å². The van der Waals surface area contributed by atoms with Gasteiger partial charge in [-0.3, -0.25) is 0 Å². The van der Waals surface area contributed by atoms with Crippen molar-refractivity contribution in [2.75, 3.05) is 19.0 Å². The van der Waals surface area contributed by atoms with Crippen LogP contribution in [-0.2, 0) is 4.74 Å². The predicted octanol–water partition coefficient (Wildman–Crippen LogP) is 3.04. The molecule has 0 fully saturated rings. The van der Waals surface area contributed by atoms with Gasteiger partial charge < -0.3 is 14.3 Å². The summed E-state index contributed by atoms with van der Waals surface area (Å²) >= 11 is 1.23. The summed E-state index contributed by atoms with van der Waals surface area (Å²) in [7, 11) is 0. The van der Waals surface area contributed by atoms with Crippen LogP contribution in [0.3, 0.4) is 0 Å². The number of furan rings is 1. The molecule has 0 radical (unpaired) electrons. The Morgan fingerprint density at radius 1 is 1.44 bits per heavy atom. The lowest BCUT2D eigenvalue weighted by Gasteiger charge is -2.06. The number of thioether (sulfide) groups is 1. The molecule has 0 bridgehead atoms. The summed E-state index contributed by atoms with van der Waals surface area (Å²) in [5.74, 6) is -0.828. The lowest BCUT2D eigenvalue weighted by Crippen LogP contribution is -2.17. The summed E-state index contributed by atoms with van der Waals surface area (Å²) in [5, 5.41) is 9.01. The van der Waals surface area contributed by atoms with Crippen molar-refractivity contribution >= 4 is 17.7 Å². The highest BCUT2D eigenvalue weighted by atomic mass is 32.2. The number of aromatic carboxylic acids is 1. The van der Waals surface area contributed by atoms with Crippen LogP contribution in [0.15, 0.2) is 21.6 Å². The lowest BCUT2D eigenvalue weighted by molar-refractivity contribution is -0.173. The number of halogens is 3. The van der Waals surface area contributed by atoms with Crippen LogP contribution >= 0.6 is 11.8 Å².